The van der Waals surface area contributed by atoms with Gasteiger partial charge in [0, 0.05) is 40.8 Å². The van der Waals surface area contributed by atoms with E-state index in [1.165, 1.54) is 43.6 Å². The zero-order valence-corrected chi connectivity index (χ0v) is 19.8. The molecule has 0 aliphatic rings. The van der Waals surface area contributed by atoms with Gasteiger partial charge in [-0.2, -0.15) is 0 Å². The first-order chi connectivity index (χ1) is 15.6. The Morgan fingerprint density at radius 3 is 2.48 bits per heavy atom. The normalized spacial score (nSPS) is 11.4. The van der Waals surface area contributed by atoms with Crippen LogP contribution in [0, 0.1) is 5.82 Å². The van der Waals surface area contributed by atoms with Gasteiger partial charge in [-0.15, -0.1) is 0 Å². The van der Waals surface area contributed by atoms with E-state index in [1.54, 1.807) is 18.2 Å². The van der Waals surface area contributed by atoms with E-state index in [-0.39, 0.29) is 34.6 Å². The fourth-order valence-electron chi connectivity index (χ4n) is 3.15. The second kappa shape index (κ2) is 8.83. The van der Waals surface area contributed by atoms with E-state index in [0.29, 0.717) is 26.8 Å². The smallest absolute Gasteiger partial charge is 0.255 e. The lowest BCUT2D eigenvalue weighted by Crippen LogP contribution is -2.18. The molecule has 2 aromatic heterocycles. The molecule has 0 saturated heterocycles. The summed E-state index contributed by atoms with van der Waals surface area (Å²) in [5, 5.41) is 3.08. The summed E-state index contributed by atoms with van der Waals surface area (Å²) in [5.41, 5.74) is 1.36. The second-order valence-electron chi connectivity index (χ2n) is 7.03. The monoisotopic (exact) mass is 533 g/mol. The number of amides is 1. The highest BCUT2D eigenvalue weighted by molar-refractivity contribution is 9.10. The number of fused-ring (bicyclic) bond motifs is 1. The van der Waals surface area contributed by atoms with Crippen LogP contribution in [0.3, 0.4) is 0 Å². The molecule has 0 unspecified atom stereocenters. The average molecular weight is 534 g/mol. The van der Waals surface area contributed by atoms with Crippen LogP contribution in [-0.2, 0) is 10.0 Å². The topological polar surface area (TPSA) is 111 Å². The molecule has 0 fully saturated rings. The molecule has 2 heterocycles. The summed E-state index contributed by atoms with van der Waals surface area (Å²) < 4.78 is 50.8. The van der Waals surface area contributed by atoms with Crippen LogP contribution in [0.2, 0.25) is 0 Å². The van der Waals surface area contributed by atoms with Gasteiger partial charge in [0.25, 0.3) is 5.91 Å². The van der Waals surface area contributed by atoms with Crippen molar-refractivity contribution < 1.29 is 26.8 Å². The molecule has 2 aromatic carbocycles. The lowest BCUT2D eigenvalue weighted by atomic mass is 10.1. The number of aromatic nitrogens is 1. The van der Waals surface area contributed by atoms with E-state index in [0.717, 1.165) is 6.26 Å². The summed E-state index contributed by atoms with van der Waals surface area (Å²) in [6, 6.07) is 11.9. The molecule has 0 saturated carbocycles. The third-order valence-electron chi connectivity index (χ3n) is 4.56. The summed E-state index contributed by atoms with van der Waals surface area (Å²) in [6.07, 6.45) is 2.52. The van der Waals surface area contributed by atoms with Gasteiger partial charge in [0.2, 0.25) is 15.9 Å². The average Bonchev–Trinajstić information content (AvgIpc) is 3.12. The number of ether oxygens (including phenoxy) is 1. The van der Waals surface area contributed by atoms with Gasteiger partial charge in [-0.3, -0.25) is 9.52 Å². The van der Waals surface area contributed by atoms with Crippen LogP contribution in [-0.4, -0.2) is 32.6 Å². The number of halogens is 2. The summed E-state index contributed by atoms with van der Waals surface area (Å²) in [6.45, 7) is 0. The molecule has 0 bridgehead atoms. The Bertz CT molecular complexity index is 1450. The Balaban J connectivity index is 1.75. The molecule has 4 aromatic rings. The number of carbonyl (C=O) groups is 1. The molecule has 0 radical (unpaired) electrons. The molecule has 33 heavy (non-hydrogen) atoms. The highest BCUT2D eigenvalue weighted by Crippen LogP contribution is 2.38. The Kier molecular flexibility index (Phi) is 6.09. The molecule has 8 nitrogen and oxygen atoms in total. The maximum Gasteiger partial charge on any atom is 0.255 e. The quantitative estimate of drug-likeness (QED) is 0.364. The van der Waals surface area contributed by atoms with E-state index in [2.05, 4.69) is 31.0 Å². The van der Waals surface area contributed by atoms with Crippen molar-refractivity contribution in [3.8, 4) is 23.0 Å². The van der Waals surface area contributed by atoms with Gasteiger partial charge in [-0.25, -0.2) is 17.8 Å². The minimum absolute atomic E-state index is 0.258. The van der Waals surface area contributed by atoms with Crippen molar-refractivity contribution in [2.45, 2.75) is 0 Å². The number of hydrogen-bond donors (Lipinski definition) is 2. The number of rotatable bonds is 6. The molecular formula is C22H17BrFN3O5S. The molecule has 4 rings (SSSR count). The van der Waals surface area contributed by atoms with Gasteiger partial charge in [0.1, 0.15) is 22.9 Å². The van der Waals surface area contributed by atoms with E-state index >= 15 is 0 Å². The molecule has 0 spiro atoms. The number of anilines is 1. The van der Waals surface area contributed by atoms with Crippen molar-refractivity contribution in [1.82, 2.24) is 10.3 Å². The Labute approximate surface area is 197 Å². The first kappa shape index (κ1) is 22.7. The minimum Gasteiger partial charge on any atom is -0.455 e. The number of furan rings is 1. The van der Waals surface area contributed by atoms with Crippen LogP contribution in [0.1, 0.15) is 10.4 Å². The molecular weight excluding hydrogens is 517 g/mol. The maximum atomic E-state index is 13.1. The lowest BCUT2D eigenvalue weighted by molar-refractivity contribution is 0.0964. The number of carbonyl (C=O) groups excluding carboxylic acids is 1. The number of hydrogen-bond acceptors (Lipinski definition) is 6. The van der Waals surface area contributed by atoms with Crippen LogP contribution in [0.15, 0.2) is 63.6 Å². The van der Waals surface area contributed by atoms with Crippen molar-refractivity contribution in [2.75, 3.05) is 18.0 Å². The van der Waals surface area contributed by atoms with E-state index in [1.807, 2.05) is 0 Å². The summed E-state index contributed by atoms with van der Waals surface area (Å²) in [4.78, 5) is 16.9. The van der Waals surface area contributed by atoms with Gasteiger partial charge in [0.15, 0.2) is 0 Å². The summed E-state index contributed by atoms with van der Waals surface area (Å²) >= 11 is 3.33. The molecule has 1 amide bonds. The largest absolute Gasteiger partial charge is 0.455 e. The number of pyridine rings is 1. The molecule has 2 N–H and O–H groups in total. The van der Waals surface area contributed by atoms with E-state index < -0.39 is 10.0 Å². The van der Waals surface area contributed by atoms with Gasteiger partial charge >= 0.3 is 0 Å². The SMILES string of the molecule is CNC(=O)c1c(-c2ccc(Oc3ccc(F)cc3)nc2)oc2cc(NS(C)(=O)=O)c(Br)cc12. The molecule has 0 aliphatic carbocycles. The highest BCUT2D eigenvalue weighted by Gasteiger charge is 2.23. The van der Waals surface area contributed by atoms with E-state index in [4.69, 9.17) is 9.15 Å². The van der Waals surface area contributed by atoms with Crippen LogP contribution < -0.4 is 14.8 Å². The van der Waals surface area contributed by atoms with Crippen molar-refractivity contribution in [2.24, 2.45) is 0 Å². The van der Waals surface area contributed by atoms with E-state index in [9.17, 15) is 17.6 Å². The van der Waals surface area contributed by atoms with Gasteiger partial charge in [-0.05, 0) is 52.3 Å². The zero-order valence-electron chi connectivity index (χ0n) is 17.3. The van der Waals surface area contributed by atoms with Crippen molar-refractivity contribution >= 4 is 48.5 Å². The van der Waals surface area contributed by atoms with Crippen LogP contribution >= 0.6 is 15.9 Å². The van der Waals surface area contributed by atoms with Crippen molar-refractivity contribution in [3.63, 3.8) is 0 Å². The molecule has 11 heteroatoms. The van der Waals surface area contributed by atoms with Gasteiger partial charge in [-0.1, -0.05) is 0 Å². The predicted molar refractivity (Wildman–Crippen MR) is 125 cm³/mol. The minimum atomic E-state index is -3.52. The van der Waals surface area contributed by atoms with Gasteiger partial charge in [0.05, 0.1) is 17.5 Å². The number of sulfonamides is 1. The Morgan fingerprint density at radius 1 is 1.15 bits per heavy atom. The third-order valence-corrected chi connectivity index (χ3v) is 5.81. The number of benzene rings is 2. The number of nitrogens with one attached hydrogen (secondary N) is 2. The zero-order chi connectivity index (χ0) is 23.8. The predicted octanol–water partition coefficient (Wildman–Crippen LogP) is 4.92. The van der Waals surface area contributed by atoms with Crippen LogP contribution in [0.5, 0.6) is 11.6 Å². The molecule has 170 valence electrons. The second-order valence-corrected chi connectivity index (χ2v) is 9.63. The fraction of sp³-hybridized carbons (Fsp3) is 0.0909. The maximum absolute atomic E-state index is 13.1. The Hall–Kier alpha value is -3.44. The van der Waals surface area contributed by atoms with Crippen molar-refractivity contribution in [1.29, 1.82) is 0 Å². The lowest BCUT2D eigenvalue weighted by Gasteiger charge is -2.07. The fourth-order valence-corrected chi connectivity index (χ4v) is 4.29. The Morgan fingerprint density at radius 2 is 1.88 bits per heavy atom. The van der Waals surface area contributed by atoms with Crippen LogP contribution in [0.25, 0.3) is 22.3 Å². The van der Waals surface area contributed by atoms with Crippen LogP contribution in [0.4, 0.5) is 10.1 Å². The summed E-state index contributed by atoms with van der Waals surface area (Å²) in [5.74, 6) is 0.186. The molecule has 0 aliphatic heterocycles. The summed E-state index contributed by atoms with van der Waals surface area (Å²) in [7, 11) is -2.03. The van der Waals surface area contributed by atoms with Gasteiger partial charge < -0.3 is 14.5 Å². The highest BCUT2D eigenvalue weighted by atomic mass is 79.9. The first-order valence-corrected chi connectivity index (χ1v) is 12.2. The number of nitrogens with zero attached hydrogens (tertiary/aromatic N) is 1. The standard InChI is InChI=1S/C22H17BrFN3O5S/c1-25-22(28)20-15-9-16(23)17(27-33(2,29)30)10-18(15)32-21(20)12-3-8-19(26-11-12)31-14-6-4-13(24)5-7-14/h3-11,27H,1-2H3,(H,25,28). The third kappa shape index (κ3) is 4.99. The first-order valence-electron chi connectivity index (χ1n) is 9.50. The van der Waals surface area contributed by atoms with Crippen molar-refractivity contribution in [3.05, 3.63) is 70.6 Å². The molecule has 0 atom stereocenters.